The molecule has 0 aromatic carbocycles. The summed E-state index contributed by atoms with van der Waals surface area (Å²) in [6.45, 7) is 6.63. The van der Waals surface area contributed by atoms with Crippen LogP contribution in [0.3, 0.4) is 0 Å². The van der Waals surface area contributed by atoms with Crippen molar-refractivity contribution >= 4 is 12.0 Å². The second-order valence-corrected chi connectivity index (χ2v) is 4.38. The van der Waals surface area contributed by atoms with E-state index in [9.17, 15) is 14.7 Å². The van der Waals surface area contributed by atoms with Crippen molar-refractivity contribution in [2.45, 2.75) is 19.9 Å². The summed E-state index contributed by atoms with van der Waals surface area (Å²) < 4.78 is 0. The normalized spacial score (nSPS) is 18.1. The minimum absolute atomic E-state index is 0.00121. The van der Waals surface area contributed by atoms with Gasteiger partial charge in [-0.1, -0.05) is 0 Å². The van der Waals surface area contributed by atoms with Crippen LogP contribution in [-0.2, 0) is 9.90 Å². The fraction of sp³-hybridized carbons (Fsp3) is 0.800. The summed E-state index contributed by atoms with van der Waals surface area (Å²) in [4.78, 5) is 23.8. The Morgan fingerprint density at radius 2 is 1.76 bits per heavy atom. The quantitative estimate of drug-likeness (QED) is 0.676. The van der Waals surface area contributed by atoms with Gasteiger partial charge in [-0.2, -0.15) is 0 Å². The molecule has 1 aliphatic heterocycles. The number of hydrogen-bond acceptors (Lipinski definition) is 4. The average molecular weight is 243 g/mol. The molecule has 1 aliphatic rings. The zero-order valence-electron chi connectivity index (χ0n) is 10.2. The molecule has 2 N–H and O–H groups in total. The number of hydrogen-bond donors (Lipinski definition) is 2. The Balaban J connectivity index is 2.23. The number of carbonyl (C=O) groups excluding carboxylic acids is 2. The molecule has 0 unspecified atom stereocenters. The second-order valence-electron chi connectivity index (χ2n) is 4.38. The van der Waals surface area contributed by atoms with E-state index in [1.165, 1.54) is 0 Å². The van der Waals surface area contributed by atoms with Gasteiger partial charge < -0.3 is 5.32 Å². The summed E-state index contributed by atoms with van der Waals surface area (Å²) >= 11 is 0. The number of amides is 2. The first kappa shape index (κ1) is 13.7. The van der Waals surface area contributed by atoms with Gasteiger partial charge in [0.25, 0.3) is 0 Å². The van der Waals surface area contributed by atoms with Crippen LogP contribution in [0.5, 0.6) is 0 Å². The van der Waals surface area contributed by atoms with E-state index in [0.29, 0.717) is 32.7 Å². The zero-order valence-corrected chi connectivity index (χ0v) is 10.2. The van der Waals surface area contributed by atoms with Crippen LogP contribution in [0.1, 0.15) is 13.8 Å². The van der Waals surface area contributed by atoms with Gasteiger partial charge in [0.05, 0.1) is 6.54 Å². The smallest absolute Gasteiger partial charge is 0.353 e. The van der Waals surface area contributed by atoms with E-state index in [0.717, 1.165) is 0 Å². The number of hydrazine groups is 1. The van der Waals surface area contributed by atoms with Gasteiger partial charge in [0.2, 0.25) is 5.91 Å². The SMILES string of the molecule is CC(C)NC(=O)CN1CCN(NC([O])=O)CC1. The Kier molecular flexibility index (Phi) is 5.17. The highest BCUT2D eigenvalue weighted by molar-refractivity contribution is 5.78. The Bertz CT molecular complexity index is 275. The minimum Gasteiger partial charge on any atom is -0.353 e. The largest absolute Gasteiger partial charge is 0.464 e. The van der Waals surface area contributed by atoms with Gasteiger partial charge in [-0.05, 0) is 13.8 Å². The van der Waals surface area contributed by atoms with Crippen LogP contribution >= 0.6 is 0 Å². The lowest BCUT2D eigenvalue weighted by Crippen LogP contribution is -2.54. The molecule has 0 aromatic heterocycles. The van der Waals surface area contributed by atoms with Crippen molar-refractivity contribution in [1.29, 1.82) is 0 Å². The number of carbonyl (C=O) groups is 2. The molecule has 0 atom stereocenters. The van der Waals surface area contributed by atoms with Crippen molar-refractivity contribution in [1.82, 2.24) is 20.7 Å². The Morgan fingerprint density at radius 3 is 2.24 bits per heavy atom. The lowest BCUT2D eigenvalue weighted by molar-refractivity contribution is -0.123. The van der Waals surface area contributed by atoms with Crippen LogP contribution < -0.4 is 10.7 Å². The number of nitrogens with one attached hydrogen (secondary N) is 2. The lowest BCUT2D eigenvalue weighted by Gasteiger charge is -2.33. The van der Waals surface area contributed by atoms with Crippen molar-refractivity contribution in [3.05, 3.63) is 0 Å². The van der Waals surface area contributed by atoms with Crippen LogP contribution in [0.4, 0.5) is 4.79 Å². The van der Waals surface area contributed by atoms with Gasteiger partial charge in [0.15, 0.2) is 0 Å². The third kappa shape index (κ3) is 5.50. The minimum atomic E-state index is -1.30. The molecule has 7 nitrogen and oxygen atoms in total. The van der Waals surface area contributed by atoms with E-state index in [2.05, 4.69) is 10.7 Å². The van der Waals surface area contributed by atoms with Gasteiger partial charge in [-0.3, -0.25) is 15.1 Å². The summed E-state index contributed by atoms with van der Waals surface area (Å²) in [6.07, 6.45) is -1.30. The van der Waals surface area contributed by atoms with E-state index in [4.69, 9.17) is 0 Å². The van der Waals surface area contributed by atoms with Gasteiger partial charge in [0.1, 0.15) is 0 Å². The standard InChI is InChI=1S/C10H19N4O3/c1-8(2)11-9(15)7-13-3-5-14(6-4-13)12-10(16)17/h8,12H,3-7H2,1-2H3,(H,11,15). The third-order valence-electron chi connectivity index (χ3n) is 2.44. The van der Waals surface area contributed by atoms with E-state index >= 15 is 0 Å². The third-order valence-corrected chi connectivity index (χ3v) is 2.44. The molecule has 97 valence electrons. The molecule has 0 spiro atoms. The summed E-state index contributed by atoms with van der Waals surface area (Å²) in [6, 6.07) is 0.142. The Hall–Kier alpha value is -1.34. The molecular formula is C10H19N4O3. The predicted molar refractivity (Wildman–Crippen MR) is 60.5 cm³/mol. The zero-order chi connectivity index (χ0) is 12.8. The second kappa shape index (κ2) is 6.41. The fourth-order valence-corrected chi connectivity index (χ4v) is 1.72. The monoisotopic (exact) mass is 243 g/mol. The van der Waals surface area contributed by atoms with Crippen molar-refractivity contribution in [3.8, 4) is 0 Å². The molecule has 7 heteroatoms. The summed E-state index contributed by atoms with van der Waals surface area (Å²) in [5.74, 6) is 0.00121. The van der Waals surface area contributed by atoms with Crippen molar-refractivity contribution < 1.29 is 14.7 Å². The number of nitrogens with zero attached hydrogens (tertiary/aromatic N) is 2. The topological polar surface area (TPSA) is 84.6 Å². The molecule has 1 radical (unpaired) electrons. The van der Waals surface area contributed by atoms with Crippen molar-refractivity contribution in [2.24, 2.45) is 0 Å². The van der Waals surface area contributed by atoms with Crippen LogP contribution in [0.15, 0.2) is 0 Å². The molecule has 0 aromatic rings. The molecule has 0 saturated carbocycles. The molecule has 1 saturated heterocycles. The molecule has 0 aliphatic carbocycles. The molecule has 1 heterocycles. The molecule has 1 fully saturated rings. The predicted octanol–water partition coefficient (Wildman–Crippen LogP) is -0.816. The van der Waals surface area contributed by atoms with Crippen molar-refractivity contribution in [3.63, 3.8) is 0 Å². The molecule has 0 bridgehead atoms. The van der Waals surface area contributed by atoms with Crippen LogP contribution in [0.2, 0.25) is 0 Å². The fourth-order valence-electron chi connectivity index (χ4n) is 1.72. The summed E-state index contributed by atoms with van der Waals surface area (Å²) in [5.41, 5.74) is 2.20. The van der Waals surface area contributed by atoms with E-state index in [1.54, 1.807) is 5.01 Å². The van der Waals surface area contributed by atoms with Crippen LogP contribution in [0, 0.1) is 0 Å². The summed E-state index contributed by atoms with van der Waals surface area (Å²) in [5, 5.41) is 14.7. The molecule has 1 rings (SSSR count). The average Bonchev–Trinajstić information content (AvgIpc) is 2.18. The maximum atomic E-state index is 11.5. The first-order valence-electron chi connectivity index (χ1n) is 5.71. The highest BCUT2D eigenvalue weighted by atomic mass is 16.4. The first-order chi connectivity index (χ1) is 7.97. The Morgan fingerprint density at radius 1 is 1.18 bits per heavy atom. The van der Waals surface area contributed by atoms with Gasteiger partial charge in [0, 0.05) is 32.2 Å². The number of rotatable bonds is 4. The number of piperazine rings is 1. The van der Waals surface area contributed by atoms with Gasteiger partial charge in [-0.15, -0.1) is 0 Å². The van der Waals surface area contributed by atoms with Gasteiger partial charge >= 0.3 is 6.09 Å². The molecule has 17 heavy (non-hydrogen) atoms. The molecular weight excluding hydrogens is 224 g/mol. The van der Waals surface area contributed by atoms with E-state index in [-0.39, 0.29) is 11.9 Å². The van der Waals surface area contributed by atoms with Crippen LogP contribution in [0.25, 0.3) is 0 Å². The highest BCUT2D eigenvalue weighted by Crippen LogP contribution is 1.98. The van der Waals surface area contributed by atoms with E-state index < -0.39 is 6.09 Å². The summed E-state index contributed by atoms with van der Waals surface area (Å²) in [7, 11) is 0. The lowest BCUT2D eigenvalue weighted by atomic mass is 10.3. The first-order valence-corrected chi connectivity index (χ1v) is 5.71. The highest BCUT2D eigenvalue weighted by Gasteiger charge is 2.20. The van der Waals surface area contributed by atoms with Crippen molar-refractivity contribution in [2.75, 3.05) is 32.7 Å². The van der Waals surface area contributed by atoms with Gasteiger partial charge in [-0.25, -0.2) is 14.9 Å². The van der Waals surface area contributed by atoms with Crippen LogP contribution in [-0.4, -0.2) is 60.7 Å². The Labute approximate surface area is 101 Å². The maximum Gasteiger partial charge on any atom is 0.464 e. The molecule has 2 amide bonds. The van der Waals surface area contributed by atoms with E-state index in [1.807, 2.05) is 18.7 Å². The maximum absolute atomic E-state index is 11.5.